The average Bonchev–Trinajstić information content (AvgIpc) is 2.89. The Morgan fingerprint density at radius 2 is 1.92 bits per heavy atom. The minimum atomic E-state index is -0.613. The number of nitrogens with zero attached hydrogens (tertiary/aromatic N) is 1. The maximum Gasteiger partial charge on any atom is 0.418 e. The Morgan fingerprint density at radius 1 is 1.21 bits per heavy atom. The van der Waals surface area contributed by atoms with Crippen molar-refractivity contribution in [3.63, 3.8) is 0 Å². The number of methoxy groups -OCH3 is 1. The Kier molecular flexibility index (Phi) is 5.49. The largest absolute Gasteiger partial charge is 0.469 e. The third-order valence-electron chi connectivity index (χ3n) is 3.16. The van der Waals surface area contributed by atoms with Gasteiger partial charge in [0.05, 0.1) is 19.2 Å². The first-order valence-electron chi connectivity index (χ1n) is 7.47. The van der Waals surface area contributed by atoms with E-state index < -0.39 is 11.7 Å². The van der Waals surface area contributed by atoms with Gasteiger partial charge >= 0.3 is 12.1 Å². The third-order valence-corrected chi connectivity index (χ3v) is 3.66. The van der Waals surface area contributed by atoms with Crippen molar-refractivity contribution < 1.29 is 19.1 Å². The van der Waals surface area contributed by atoms with E-state index in [1.54, 1.807) is 12.3 Å². The van der Waals surface area contributed by atoms with Crippen molar-refractivity contribution >= 4 is 28.0 Å². The number of hydrogen-bond acceptors (Lipinski definition) is 4. The van der Waals surface area contributed by atoms with Crippen LogP contribution in [-0.2, 0) is 20.7 Å². The van der Waals surface area contributed by atoms with E-state index in [0.717, 1.165) is 10.0 Å². The number of carbonyl (C=O) groups is 2. The first kappa shape index (κ1) is 18.3. The molecule has 24 heavy (non-hydrogen) atoms. The topological polar surface area (TPSA) is 57.5 Å². The van der Waals surface area contributed by atoms with E-state index in [-0.39, 0.29) is 12.4 Å². The molecule has 6 heteroatoms. The van der Waals surface area contributed by atoms with Crippen molar-refractivity contribution in [2.75, 3.05) is 7.11 Å². The normalized spacial score (nSPS) is 11.2. The summed E-state index contributed by atoms with van der Waals surface area (Å²) in [5.74, 6) is -0.364. The smallest absolute Gasteiger partial charge is 0.418 e. The van der Waals surface area contributed by atoms with Gasteiger partial charge in [-0.05, 0) is 50.1 Å². The van der Waals surface area contributed by atoms with Crippen LogP contribution in [-0.4, -0.2) is 29.3 Å². The van der Waals surface area contributed by atoms with Crippen LogP contribution in [0.3, 0.4) is 0 Å². The molecule has 0 aliphatic heterocycles. The predicted molar refractivity (Wildman–Crippen MR) is 94.9 cm³/mol. The fourth-order valence-electron chi connectivity index (χ4n) is 2.19. The molecule has 0 amide bonds. The highest BCUT2D eigenvalue weighted by molar-refractivity contribution is 9.10. The maximum absolute atomic E-state index is 12.5. The van der Waals surface area contributed by atoms with E-state index in [9.17, 15) is 9.59 Å². The molecular formula is C18H20BrNO4. The van der Waals surface area contributed by atoms with E-state index in [1.807, 2.05) is 45.0 Å². The van der Waals surface area contributed by atoms with E-state index in [0.29, 0.717) is 11.3 Å². The second kappa shape index (κ2) is 7.21. The van der Waals surface area contributed by atoms with Gasteiger partial charge in [-0.2, -0.15) is 0 Å². The van der Waals surface area contributed by atoms with Crippen molar-refractivity contribution in [2.24, 2.45) is 0 Å². The van der Waals surface area contributed by atoms with Gasteiger partial charge in [-0.25, -0.2) is 4.79 Å². The van der Waals surface area contributed by atoms with Gasteiger partial charge in [-0.15, -0.1) is 0 Å². The molecule has 2 rings (SSSR count). The Balaban J connectivity index is 2.46. The summed E-state index contributed by atoms with van der Waals surface area (Å²) < 4.78 is 12.5. The quantitative estimate of drug-likeness (QED) is 0.724. The van der Waals surface area contributed by atoms with Gasteiger partial charge in [0, 0.05) is 10.7 Å². The summed E-state index contributed by atoms with van der Waals surface area (Å²) >= 11 is 3.43. The molecule has 2 aromatic rings. The van der Waals surface area contributed by atoms with E-state index in [4.69, 9.17) is 9.47 Å². The number of esters is 1. The predicted octanol–water partition coefficient (Wildman–Crippen LogP) is 4.42. The van der Waals surface area contributed by atoms with E-state index >= 15 is 0 Å². The molecule has 128 valence electrons. The van der Waals surface area contributed by atoms with Crippen LogP contribution in [0, 0.1) is 0 Å². The van der Waals surface area contributed by atoms with Crippen LogP contribution < -0.4 is 0 Å². The molecule has 0 radical (unpaired) electrons. The first-order valence-corrected chi connectivity index (χ1v) is 8.26. The van der Waals surface area contributed by atoms with Crippen molar-refractivity contribution in [3.8, 4) is 11.3 Å². The summed E-state index contributed by atoms with van der Waals surface area (Å²) in [5.41, 5.74) is 1.57. The number of carbonyl (C=O) groups excluding carboxylic acids is 2. The zero-order valence-electron chi connectivity index (χ0n) is 14.1. The van der Waals surface area contributed by atoms with Crippen molar-refractivity contribution in [1.82, 2.24) is 4.57 Å². The lowest BCUT2D eigenvalue weighted by molar-refractivity contribution is -0.139. The monoisotopic (exact) mass is 393 g/mol. The van der Waals surface area contributed by atoms with Gasteiger partial charge in [0.1, 0.15) is 5.60 Å². The van der Waals surface area contributed by atoms with Gasteiger partial charge < -0.3 is 9.47 Å². The molecule has 0 aliphatic carbocycles. The molecule has 0 fully saturated rings. The lowest BCUT2D eigenvalue weighted by Crippen LogP contribution is -2.27. The van der Waals surface area contributed by atoms with Gasteiger partial charge in [0.25, 0.3) is 0 Å². The number of aromatic nitrogens is 1. The molecular weight excluding hydrogens is 374 g/mol. The highest BCUT2D eigenvalue weighted by Crippen LogP contribution is 2.26. The average molecular weight is 394 g/mol. The molecule has 0 saturated heterocycles. The van der Waals surface area contributed by atoms with Gasteiger partial charge in [-0.1, -0.05) is 28.1 Å². The van der Waals surface area contributed by atoms with Crippen molar-refractivity contribution in [1.29, 1.82) is 0 Å². The summed E-state index contributed by atoms with van der Waals surface area (Å²) in [4.78, 5) is 24.1. The summed E-state index contributed by atoms with van der Waals surface area (Å²) in [5, 5.41) is 0. The van der Waals surface area contributed by atoms with Crippen LogP contribution in [0.15, 0.2) is 41.0 Å². The van der Waals surface area contributed by atoms with Crippen LogP contribution in [0.25, 0.3) is 11.3 Å². The lowest BCUT2D eigenvalue weighted by atomic mass is 10.1. The summed E-state index contributed by atoms with van der Waals surface area (Å²) in [6, 6.07) is 9.37. The lowest BCUT2D eigenvalue weighted by Gasteiger charge is -2.20. The number of hydrogen-bond donors (Lipinski definition) is 0. The summed E-state index contributed by atoms with van der Waals surface area (Å²) in [6.45, 7) is 5.42. The first-order chi connectivity index (χ1) is 11.2. The molecule has 1 heterocycles. The molecule has 1 aromatic heterocycles. The van der Waals surface area contributed by atoms with Gasteiger partial charge in [0.15, 0.2) is 0 Å². The summed E-state index contributed by atoms with van der Waals surface area (Å²) in [7, 11) is 1.34. The highest BCUT2D eigenvalue weighted by Gasteiger charge is 2.22. The van der Waals surface area contributed by atoms with Crippen LogP contribution >= 0.6 is 15.9 Å². The van der Waals surface area contributed by atoms with E-state index in [1.165, 1.54) is 11.7 Å². The minimum Gasteiger partial charge on any atom is -0.469 e. The third kappa shape index (κ3) is 4.71. The Hall–Kier alpha value is -2.08. The van der Waals surface area contributed by atoms with Crippen LogP contribution in [0.1, 0.15) is 26.3 Å². The molecule has 0 aliphatic rings. The highest BCUT2D eigenvalue weighted by atomic mass is 79.9. The van der Waals surface area contributed by atoms with Crippen molar-refractivity contribution in [2.45, 2.75) is 32.8 Å². The molecule has 0 spiro atoms. The second-order valence-corrected chi connectivity index (χ2v) is 7.26. The Bertz CT molecular complexity index is 759. The Labute approximate surface area is 149 Å². The molecule has 1 aromatic carbocycles. The zero-order valence-corrected chi connectivity index (χ0v) is 15.7. The molecule has 0 N–H and O–H groups in total. The molecule has 0 unspecified atom stereocenters. The number of rotatable bonds is 3. The number of benzene rings is 1. The van der Waals surface area contributed by atoms with E-state index in [2.05, 4.69) is 15.9 Å². The molecule has 0 bridgehead atoms. The fraction of sp³-hybridized carbons (Fsp3) is 0.333. The zero-order chi connectivity index (χ0) is 17.9. The Morgan fingerprint density at radius 3 is 2.50 bits per heavy atom. The maximum atomic E-state index is 12.5. The fourth-order valence-corrected chi connectivity index (χ4v) is 2.58. The van der Waals surface area contributed by atoms with Crippen LogP contribution in [0.2, 0.25) is 0 Å². The summed E-state index contributed by atoms with van der Waals surface area (Å²) in [6.07, 6.45) is 1.21. The standard InChI is InChI=1S/C18H20BrNO4/c1-18(2,3)24-17(22)20-11-12(9-16(21)23-4)8-15(20)13-6-5-7-14(19)10-13/h5-8,10-11H,9H2,1-4H3. The van der Waals surface area contributed by atoms with Gasteiger partial charge in [0.2, 0.25) is 0 Å². The minimum absolute atomic E-state index is 0.0906. The molecule has 5 nitrogen and oxygen atoms in total. The van der Waals surface area contributed by atoms with Crippen LogP contribution in [0.5, 0.6) is 0 Å². The number of ether oxygens (including phenoxy) is 2. The molecule has 0 atom stereocenters. The van der Waals surface area contributed by atoms with Gasteiger partial charge in [-0.3, -0.25) is 9.36 Å². The number of halogens is 1. The van der Waals surface area contributed by atoms with Crippen molar-refractivity contribution in [3.05, 3.63) is 46.6 Å². The van der Waals surface area contributed by atoms with Crippen LogP contribution in [0.4, 0.5) is 4.79 Å². The molecule has 0 saturated carbocycles. The SMILES string of the molecule is COC(=O)Cc1cc(-c2cccc(Br)c2)n(C(=O)OC(C)(C)C)c1. The second-order valence-electron chi connectivity index (χ2n) is 6.35.